The molecular weight excluding hydrogens is 210 g/mol. The van der Waals surface area contributed by atoms with E-state index >= 15 is 0 Å². The Kier molecular flexibility index (Phi) is 2.17. The number of aromatic nitrogens is 1. The molecule has 17 heavy (non-hydrogen) atoms. The molecule has 0 spiro atoms. The highest BCUT2D eigenvalue weighted by Crippen LogP contribution is 2.54. The van der Waals surface area contributed by atoms with E-state index < -0.39 is 0 Å². The van der Waals surface area contributed by atoms with Crippen LogP contribution in [0.2, 0.25) is 0 Å². The van der Waals surface area contributed by atoms with Gasteiger partial charge in [-0.1, -0.05) is 6.07 Å². The Bertz CT molecular complexity index is 375. The molecule has 0 N–H and O–H groups in total. The molecule has 1 heterocycles. The number of ether oxygens (including phenoxy) is 1. The van der Waals surface area contributed by atoms with Gasteiger partial charge >= 0.3 is 0 Å². The summed E-state index contributed by atoms with van der Waals surface area (Å²) in [6.45, 7) is 0. The first-order valence-corrected chi connectivity index (χ1v) is 6.96. The Hall–Kier alpha value is -1.05. The summed E-state index contributed by atoms with van der Waals surface area (Å²) < 4.78 is 6.18. The Morgan fingerprint density at radius 1 is 0.941 bits per heavy atom. The summed E-state index contributed by atoms with van der Waals surface area (Å²) in [4.78, 5) is 4.31. The van der Waals surface area contributed by atoms with Crippen LogP contribution >= 0.6 is 0 Å². The first-order chi connectivity index (χ1) is 8.38. The molecule has 0 saturated heterocycles. The van der Waals surface area contributed by atoms with Crippen LogP contribution in [0.1, 0.15) is 32.1 Å². The third-order valence-electron chi connectivity index (χ3n) is 5.03. The quantitative estimate of drug-likeness (QED) is 0.776. The van der Waals surface area contributed by atoms with Gasteiger partial charge in [-0.15, -0.1) is 0 Å². The smallest absolute Gasteiger partial charge is 0.213 e. The van der Waals surface area contributed by atoms with Gasteiger partial charge in [0.05, 0.1) is 0 Å². The van der Waals surface area contributed by atoms with Crippen LogP contribution in [0.3, 0.4) is 0 Å². The molecule has 4 saturated carbocycles. The van der Waals surface area contributed by atoms with Crippen LogP contribution in [0.5, 0.6) is 5.88 Å². The van der Waals surface area contributed by atoms with Gasteiger partial charge in [-0.3, -0.25) is 0 Å². The van der Waals surface area contributed by atoms with E-state index in [0.29, 0.717) is 6.10 Å². The highest BCUT2D eigenvalue weighted by molar-refractivity contribution is 5.11. The predicted octanol–water partition coefficient (Wildman–Crippen LogP) is 3.29. The minimum atomic E-state index is 0.456. The van der Waals surface area contributed by atoms with E-state index in [1.807, 2.05) is 24.4 Å². The van der Waals surface area contributed by atoms with Crippen molar-refractivity contribution in [1.82, 2.24) is 4.98 Å². The maximum absolute atomic E-state index is 6.18. The fraction of sp³-hybridized carbons (Fsp3) is 0.667. The predicted molar refractivity (Wildman–Crippen MR) is 65.7 cm³/mol. The van der Waals surface area contributed by atoms with E-state index in [4.69, 9.17) is 4.74 Å². The fourth-order valence-electron chi connectivity index (χ4n) is 4.62. The van der Waals surface area contributed by atoms with Crippen molar-refractivity contribution in [3.63, 3.8) is 0 Å². The summed E-state index contributed by atoms with van der Waals surface area (Å²) >= 11 is 0. The summed E-state index contributed by atoms with van der Waals surface area (Å²) in [5.41, 5.74) is 0. The molecule has 4 bridgehead atoms. The molecule has 1 aromatic rings. The molecule has 0 amide bonds. The van der Waals surface area contributed by atoms with Crippen LogP contribution in [0.25, 0.3) is 0 Å². The normalized spacial score (nSPS) is 42.7. The van der Waals surface area contributed by atoms with Crippen molar-refractivity contribution >= 4 is 0 Å². The number of rotatable bonds is 2. The lowest BCUT2D eigenvalue weighted by Crippen LogP contribution is -2.50. The van der Waals surface area contributed by atoms with Crippen LogP contribution < -0.4 is 4.74 Å². The maximum atomic E-state index is 6.18. The largest absolute Gasteiger partial charge is 0.474 e. The standard InChI is InChI=1S/C15H19NO/c1-2-4-16-14(3-1)17-15-12-6-10-5-11(8-12)9-13(15)7-10/h1-4,10-13,15H,5-9H2. The lowest BCUT2D eigenvalue weighted by molar-refractivity contribution is -0.0805. The topological polar surface area (TPSA) is 22.1 Å². The van der Waals surface area contributed by atoms with Crippen LogP contribution in [0, 0.1) is 23.7 Å². The zero-order chi connectivity index (χ0) is 11.2. The molecular formula is C15H19NO. The second-order valence-corrected chi connectivity index (χ2v) is 6.18. The molecule has 90 valence electrons. The molecule has 0 radical (unpaired) electrons. The van der Waals surface area contributed by atoms with Crippen molar-refractivity contribution in [3.05, 3.63) is 24.4 Å². The van der Waals surface area contributed by atoms with Gasteiger partial charge in [-0.25, -0.2) is 4.98 Å². The average molecular weight is 229 g/mol. The van der Waals surface area contributed by atoms with Crippen molar-refractivity contribution in [3.8, 4) is 5.88 Å². The monoisotopic (exact) mass is 229 g/mol. The summed E-state index contributed by atoms with van der Waals surface area (Å²) in [7, 11) is 0. The van der Waals surface area contributed by atoms with Gasteiger partial charge in [0.15, 0.2) is 0 Å². The van der Waals surface area contributed by atoms with Crippen molar-refractivity contribution in [1.29, 1.82) is 0 Å². The highest BCUT2D eigenvalue weighted by Gasteiger charge is 2.49. The fourth-order valence-corrected chi connectivity index (χ4v) is 4.62. The molecule has 1 aromatic heterocycles. The molecule has 4 fully saturated rings. The van der Waals surface area contributed by atoms with Crippen LogP contribution in [0.15, 0.2) is 24.4 Å². The van der Waals surface area contributed by atoms with Crippen molar-refractivity contribution < 1.29 is 4.74 Å². The molecule has 0 atom stereocenters. The molecule has 0 aromatic carbocycles. The molecule has 0 unspecified atom stereocenters. The number of hydrogen-bond acceptors (Lipinski definition) is 2. The van der Waals surface area contributed by atoms with Crippen molar-refractivity contribution in [2.75, 3.05) is 0 Å². The zero-order valence-corrected chi connectivity index (χ0v) is 10.1. The highest BCUT2D eigenvalue weighted by atomic mass is 16.5. The Morgan fingerprint density at radius 3 is 2.24 bits per heavy atom. The number of nitrogens with zero attached hydrogens (tertiary/aromatic N) is 1. The van der Waals surface area contributed by atoms with Gasteiger partial charge in [-0.05, 0) is 61.8 Å². The van der Waals surface area contributed by atoms with E-state index in [-0.39, 0.29) is 0 Å². The van der Waals surface area contributed by atoms with Gasteiger partial charge in [0.25, 0.3) is 0 Å². The van der Waals surface area contributed by atoms with Gasteiger partial charge in [-0.2, -0.15) is 0 Å². The van der Waals surface area contributed by atoms with Gasteiger partial charge in [0, 0.05) is 12.3 Å². The summed E-state index contributed by atoms with van der Waals surface area (Å²) in [6.07, 6.45) is 9.41. The van der Waals surface area contributed by atoms with Gasteiger partial charge in [0.2, 0.25) is 5.88 Å². The molecule has 4 aliphatic rings. The third kappa shape index (κ3) is 1.65. The van der Waals surface area contributed by atoms with Crippen LogP contribution in [-0.4, -0.2) is 11.1 Å². The van der Waals surface area contributed by atoms with Crippen LogP contribution in [-0.2, 0) is 0 Å². The van der Waals surface area contributed by atoms with Gasteiger partial charge < -0.3 is 4.74 Å². The number of hydrogen-bond donors (Lipinski definition) is 0. The van der Waals surface area contributed by atoms with Crippen molar-refractivity contribution in [2.45, 2.75) is 38.2 Å². The number of pyridine rings is 1. The lowest BCUT2D eigenvalue weighted by Gasteiger charge is -2.53. The van der Waals surface area contributed by atoms with Crippen LogP contribution in [0.4, 0.5) is 0 Å². The summed E-state index contributed by atoms with van der Waals surface area (Å²) in [5.74, 6) is 4.48. The second kappa shape index (κ2) is 3.72. The molecule has 4 aliphatic carbocycles. The third-order valence-corrected chi connectivity index (χ3v) is 5.03. The van der Waals surface area contributed by atoms with Crippen molar-refractivity contribution in [2.24, 2.45) is 23.7 Å². The maximum Gasteiger partial charge on any atom is 0.213 e. The Labute approximate surface area is 102 Å². The molecule has 5 rings (SSSR count). The van der Waals surface area contributed by atoms with E-state index in [1.54, 1.807) is 0 Å². The molecule has 2 nitrogen and oxygen atoms in total. The van der Waals surface area contributed by atoms with E-state index in [9.17, 15) is 0 Å². The van der Waals surface area contributed by atoms with E-state index in [2.05, 4.69) is 4.98 Å². The van der Waals surface area contributed by atoms with E-state index in [0.717, 1.165) is 29.6 Å². The summed E-state index contributed by atoms with van der Waals surface area (Å²) in [6, 6.07) is 5.95. The molecule has 2 heteroatoms. The average Bonchev–Trinajstić information content (AvgIpc) is 2.34. The first-order valence-electron chi connectivity index (χ1n) is 6.96. The first kappa shape index (κ1) is 9.93. The zero-order valence-electron chi connectivity index (χ0n) is 10.1. The van der Waals surface area contributed by atoms with E-state index in [1.165, 1.54) is 32.1 Å². The molecule has 0 aliphatic heterocycles. The minimum Gasteiger partial charge on any atom is -0.474 e. The SMILES string of the molecule is c1ccc(OC2C3CC4CC(C3)CC2C4)nc1. The lowest BCUT2D eigenvalue weighted by atomic mass is 9.55. The Morgan fingerprint density at radius 2 is 1.65 bits per heavy atom. The van der Waals surface area contributed by atoms with Gasteiger partial charge in [0.1, 0.15) is 6.10 Å². The second-order valence-electron chi connectivity index (χ2n) is 6.18. The Balaban J connectivity index is 1.55. The summed E-state index contributed by atoms with van der Waals surface area (Å²) in [5, 5.41) is 0. The minimum absolute atomic E-state index is 0.456.